The van der Waals surface area contributed by atoms with Crippen molar-refractivity contribution in [3.8, 4) is 5.69 Å². The van der Waals surface area contributed by atoms with Crippen molar-refractivity contribution in [1.82, 2.24) is 19.9 Å². The number of nitrogens with one attached hydrogen (secondary N) is 1. The molecule has 3 aromatic rings. The maximum Gasteiger partial charge on any atom is 0.258 e. The summed E-state index contributed by atoms with van der Waals surface area (Å²) in [4.78, 5) is 21.5. The van der Waals surface area contributed by atoms with Crippen molar-refractivity contribution in [1.29, 1.82) is 0 Å². The average Bonchev–Trinajstić information content (AvgIpc) is 2.68. The molecule has 0 saturated carbocycles. The zero-order valence-corrected chi connectivity index (χ0v) is 16.8. The van der Waals surface area contributed by atoms with Gasteiger partial charge >= 0.3 is 0 Å². The highest BCUT2D eigenvalue weighted by molar-refractivity contribution is 7.92. The fourth-order valence-corrected chi connectivity index (χ4v) is 4.81. The Labute approximate surface area is 168 Å². The number of nitrogens with zero attached hydrogens (tertiary/aromatic N) is 4. The number of piperidine rings is 1. The van der Waals surface area contributed by atoms with Crippen LogP contribution in [-0.2, 0) is 10.0 Å². The normalized spacial score (nSPS) is 15.5. The highest BCUT2D eigenvalue weighted by atomic mass is 32.2. The van der Waals surface area contributed by atoms with Crippen molar-refractivity contribution in [2.75, 3.05) is 29.4 Å². The van der Waals surface area contributed by atoms with Gasteiger partial charge in [0.05, 0.1) is 23.4 Å². The molecule has 0 atom stereocenters. The Balaban J connectivity index is 1.96. The quantitative estimate of drug-likeness (QED) is 0.649. The maximum atomic E-state index is 12.7. The summed E-state index contributed by atoms with van der Waals surface area (Å²) in [5.74, 6) is 0.0431. The van der Waals surface area contributed by atoms with Crippen LogP contribution in [0, 0.1) is 0 Å². The van der Waals surface area contributed by atoms with Gasteiger partial charge in [-0.1, -0.05) is 18.2 Å². The number of hydrogen-bond donors (Lipinski definition) is 2. The van der Waals surface area contributed by atoms with E-state index in [-0.39, 0.29) is 28.9 Å². The molecule has 3 N–H and O–H groups in total. The molecule has 0 spiro atoms. The van der Waals surface area contributed by atoms with Crippen LogP contribution in [0.1, 0.15) is 12.8 Å². The Hall–Kier alpha value is -2.98. The molecular formula is C19H22N6O3S. The fraction of sp³-hybridized carbons (Fsp3) is 0.316. The third-order valence-electron chi connectivity index (χ3n) is 4.99. The van der Waals surface area contributed by atoms with Crippen LogP contribution in [0.15, 0.2) is 47.4 Å². The number of anilines is 2. The number of fused-ring (bicyclic) bond motifs is 1. The third kappa shape index (κ3) is 3.68. The number of nitrogens with two attached hydrogens (primary N) is 1. The smallest absolute Gasteiger partial charge is 0.258 e. The second-order valence-corrected chi connectivity index (χ2v) is 8.92. The molecule has 1 aromatic carbocycles. The molecule has 0 bridgehead atoms. The lowest BCUT2D eigenvalue weighted by Crippen LogP contribution is -2.46. The van der Waals surface area contributed by atoms with E-state index in [2.05, 4.69) is 15.3 Å². The Bertz CT molecular complexity index is 1200. The monoisotopic (exact) mass is 414 g/mol. The minimum Gasteiger partial charge on any atom is -0.398 e. The third-order valence-corrected chi connectivity index (χ3v) is 6.16. The molecule has 29 heavy (non-hydrogen) atoms. The van der Waals surface area contributed by atoms with Gasteiger partial charge in [-0.3, -0.25) is 9.36 Å². The fourth-order valence-electron chi connectivity index (χ4n) is 3.67. The van der Waals surface area contributed by atoms with Gasteiger partial charge in [-0.2, -0.15) is 4.98 Å². The number of hydrogen-bond acceptors (Lipinski definition) is 7. The van der Waals surface area contributed by atoms with Gasteiger partial charge in [-0.25, -0.2) is 17.7 Å². The maximum absolute atomic E-state index is 12.7. The summed E-state index contributed by atoms with van der Waals surface area (Å²) >= 11 is 0. The molecule has 1 saturated heterocycles. The molecule has 0 unspecified atom stereocenters. The predicted octanol–water partition coefficient (Wildman–Crippen LogP) is 0.881. The van der Waals surface area contributed by atoms with Crippen molar-refractivity contribution < 1.29 is 8.42 Å². The Morgan fingerprint density at radius 1 is 1.21 bits per heavy atom. The van der Waals surface area contributed by atoms with E-state index in [1.807, 2.05) is 18.2 Å². The van der Waals surface area contributed by atoms with E-state index in [1.165, 1.54) is 21.1 Å². The van der Waals surface area contributed by atoms with Gasteiger partial charge in [0.25, 0.3) is 5.56 Å². The van der Waals surface area contributed by atoms with Crippen molar-refractivity contribution in [2.24, 2.45) is 0 Å². The van der Waals surface area contributed by atoms with E-state index >= 15 is 0 Å². The predicted molar refractivity (Wildman–Crippen MR) is 113 cm³/mol. The molecule has 3 heterocycles. The van der Waals surface area contributed by atoms with Crippen molar-refractivity contribution in [3.63, 3.8) is 0 Å². The summed E-state index contributed by atoms with van der Waals surface area (Å²) in [6, 6.07) is 10.1. The van der Waals surface area contributed by atoms with Crippen LogP contribution in [0.5, 0.6) is 0 Å². The number of para-hydroxylation sites is 1. The van der Waals surface area contributed by atoms with Gasteiger partial charge in [0, 0.05) is 18.0 Å². The largest absolute Gasteiger partial charge is 0.398 e. The minimum absolute atomic E-state index is 0.0431. The number of nitrogen functional groups attached to an aromatic ring is 1. The van der Waals surface area contributed by atoms with Gasteiger partial charge in [-0.05, 0) is 38.1 Å². The first-order valence-electron chi connectivity index (χ1n) is 9.30. The van der Waals surface area contributed by atoms with Crippen LogP contribution in [0.3, 0.4) is 0 Å². The van der Waals surface area contributed by atoms with Gasteiger partial charge in [-0.15, -0.1) is 0 Å². The molecular weight excluding hydrogens is 392 g/mol. The van der Waals surface area contributed by atoms with E-state index in [1.54, 1.807) is 12.1 Å². The molecule has 9 nitrogen and oxygen atoms in total. The first kappa shape index (κ1) is 19.3. The zero-order chi connectivity index (χ0) is 20.6. The first-order chi connectivity index (χ1) is 13.9. The van der Waals surface area contributed by atoms with E-state index in [0.29, 0.717) is 37.0 Å². The van der Waals surface area contributed by atoms with Crippen LogP contribution < -0.4 is 20.9 Å². The molecule has 0 aliphatic carbocycles. The van der Waals surface area contributed by atoms with Crippen LogP contribution in [-0.4, -0.2) is 48.3 Å². The molecule has 1 aliphatic rings. The average molecular weight is 414 g/mol. The standard InChI is InChI=1S/C19H22N6O3S/c1-29(27,28)25(14-7-9-21-10-8-14)19-22-12-15-16(20)11-17(26)24(18(15)23-19)13-5-3-2-4-6-13/h2-6,11-12,14,21H,7-10,20H2,1H3. The Kier molecular flexibility index (Phi) is 4.97. The lowest BCUT2D eigenvalue weighted by atomic mass is 10.1. The van der Waals surface area contributed by atoms with Gasteiger partial charge in [0.15, 0.2) is 5.65 Å². The summed E-state index contributed by atoms with van der Waals surface area (Å²) in [7, 11) is -3.62. The van der Waals surface area contributed by atoms with Crippen molar-refractivity contribution in [3.05, 3.63) is 52.9 Å². The summed E-state index contributed by atoms with van der Waals surface area (Å²) in [5, 5.41) is 3.71. The van der Waals surface area contributed by atoms with E-state index < -0.39 is 10.0 Å². The van der Waals surface area contributed by atoms with Crippen LogP contribution in [0.25, 0.3) is 16.7 Å². The van der Waals surface area contributed by atoms with Gasteiger partial charge < -0.3 is 11.1 Å². The number of rotatable bonds is 4. The molecule has 10 heteroatoms. The van der Waals surface area contributed by atoms with E-state index in [9.17, 15) is 13.2 Å². The number of pyridine rings is 1. The van der Waals surface area contributed by atoms with Crippen LogP contribution >= 0.6 is 0 Å². The molecule has 152 valence electrons. The van der Waals surface area contributed by atoms with Crippen LogP contribution in [0.2, 0.25) is 0 Å². The summed E-state index contributed by atoms with van der Waals surface area (Å²) in [5.41, 5.74) is 6.81. The first-order valence-corrected chi connectivity index (χ1v) is 11.1. The van der Waals surface area contributed by atoms with Crippen molar-refractivity contribution in [2.45, 2.75) is 18.9 Å². The highest BCUT2D eigenvalue weighted by Crippen LogP contribution is 2.26. The number of benzene rings is 1. The van der Waals surface area contributed by atoms with Gasteiger partial charge in [0.2, 0.25) is 16.0 Å². The Morgan fingerprint density at radius 3 is 2.55 bits per heavy atom. The second kappa shape index (κ2) is 7.45. The number of sulfonamides is 1. The second-order valence-electron chi connectivity index (χ2n) is 7.06. The summed E-state index contributed by atoms with van der Waals surface area (Å²) < 4.78 is 27.9. The molecule has 1 aliphatic heterocycles. The molecule has 2 aromatic heterocycles. The summed E-state index contributed by atoms with van der Waals surface area (Å²) in [6.07, 6.45) is 3.92. The summed E-state index contributed by atoms with van der Waals surface area (Å²) in [6.45, 7) is 1.43. The lowest BCUT2D eigenvalue weighted by molar-refractivity contribution is 0.451. The zero-order valence-electron chi connectivity index (χ0n) is 15.9. The molecule has 4 rings (SSSR count). The number of aromatic nitrogens is 3. The molecule has 0 amide bonds. The topological polar surface area (TPSA) is 123 Å². The van der Waals surface area contributed by atoms with Gasteiger partial charge in [0.1, 0.15) is 0 Å². The minimum atomic E-state index is -3.62. The molecule has 1 fully saturated rings. The Morgan fingerprint density at radius 2 is 1.90 bits per heavy atom. The van der Waals surface area contributed by atoms with Crippen LogP contribution in [0.4, 0.5) is 11.6 Å². The SMILES string of the molecule is CS(=O)(=O)N(c1ncc2c(N)cc(=O)n(-c3ccccc3)c2n1)C1CCNCC1. The van der Waals surface area contributed by atoms with Crippen molar-refractivity contribution >= 4 is 32.7 Å². The highest BCUT2D eigenvalue weighted by Gasteiger charge is 2.31. The van der Waals surface area contributed by atoms with E-state index in [4.69, 9.17) is 5.73 Å². The van der Waals surface area contributed by atoms with E-state index in [0.717, 1.165) is 6.26 Å². The lowest BCUT2D eigenvalue weighted by Gasteiger charge is -2.32. The molecule has 0 radical (unpaired) electrons.